The molecule has 1 aliphatic rings. The first-order chi connectivity index (χ1) is 13.0. The van der Waals surface area contributed by atoms with Crippen LogP contribution in [0.25, 0.3) is 0 Å². The zero-order valence-corrected chi connectivity index (χ0v) is 14.4. The molecule has 0 saturated heterocycles. The minimum atomic E-state index is -0.920. The van der Waals surface area contributed by atoms with Gasteiger partial charge in [-0.25, -0.2) is 10.8 Å². The average molecular weight is 375 g/mol. The van der Waals surface area contributed by atoms with Crippen LogP contribution in [0.3, 0.4) is 0 Å². The Morgan fingerprint density at radius 2 is 2.19 bits per heavy atom. The maximum absolute atomic E-state index is 12.2. The van der Waals surface area contributed by atoms with Gasteiger partial charge in [0.25, 0.3) is 11.8 Å². The van der Waals surface area contributed by atoms with E-state index >= 15 is 0 Å². The van der Waals surface area contributed by atoms with Crippen LogP contribution in [-0.4, -0.2) is 46.9 Å². The summed E-state index contributed by atoms with van der Waals surface area (Å²) < 4.78 is 0. The van der Waals surface area contributed by atoms with Crippen molar-refractivity contribution < 1.29 is 19.5 Å². The molecule has 0 aromatic heterocycles. The monoisotopic (exact) mass is 375 g/mol. The maximum atomic E-state index is 12.2. The van der Waals surface area contributed by atoms with Crippen molar-refractivity contribution in [2.45, 2.75) is 19.0 Å². The highest BCUT2D eigenvalue weighted by molar-refractivity contribution is 5.97. The number of nitrogens with one attached hydrogen (secondary N) is 4. The quantitative estimate of drug-likeness (QED) is 0.141. The molecule has 27 heavy (non-hydrogen) atoms. The van der Waals surface area contributed by atoms with Crippen LogP contribution in [0.1, 0.15) is 23.2 Å². The van der Waals surface area contributed by atoms with E-state index in [1.165, 1.54) is 11.3 Å². The van der Waals surface area contributed by atoms with E-state index in [0.29, 0.717) is 17.7 Å². The van der Waals surface area contributed by atoms with Gasteiger partial charge in [0, 0.05) is 24.4 Å². The second kappa shape index (κ2) is 9.77. The highest BCUT2D eigenvalue weighted by atomic mass is 16.4. The molecule has 11 nitrogen and oxygen atoms in total. The first-order valence-corrected chi connectivity index (χ1v) is 8.09. The van der Waals surface area contributed by atoms with Crippen LogP contribution in [0.2, 0.25) is 0 Å². The van der Waals surface area contributed by atoms with Gasteiger partial charge in [0.2, 0.25) is 0 Å². The molecule has 1 aliphatic heterocycles. The van der Waals surface area contributed by atoms with Gasteiger partial charge in [-0.2, -0.15) is 0 Å². The summed E-state index contributed by atoms with van der Waals surface area (Å²) in [7, 11) is 0. The zero-order valence-electron chi connectivity index (χ0n) is 14.4. The number of carboxylic acid groups (broad SMARTS) is 1. The number of rotatable bonds is 9. The molecular weight excluding hydrogens is 354 g/mol. The number of hydrogen-bond acceptors (Lipinski definition) is 7. The summed E-state index contributed by atoms with van der Waals surface area (Å²) >= 11 is 0. The Kier molecular flexibility index (Phi) is 7.14. The van der Waals surface area contributed by atoms with Crippen LogP contribution in [0, 0.1) is 0 Å². The standard InChI is InChI=1S/C16H21N7O4/c17-21-10-20-12-3-1-2-11(8-12)16(27)19-9-14(24)22-23-7-6-18-13(23)4-5-15(25)26/h1-3,6-8,10,13,18H,4-5,9,17H2,(H,19,27)(H,20,21)(H,22,24)(H,25,26). The minimum absolute atomic E-state index is 0.0407. The van der Waals surface area contributed by atoms with Gasteiger partial charge in [-0.15, -0.1) is 0 Å². The fraction of sp³-hybridized carbons (Fsp3) is 0.250. The van der Waals surface area contributed by atoms with Gasteiger partial charge >= 0.3 is 5.97 Å². The third-order valence-corrected chi connectivity index (χ3v) is 3.55. The van der Waals surface area contributed by atoms with E-state index in [4.69, 9.17) is 10.9 Å². The Morgan fingerprint density at radius 3 is 2.93 bits per heavy atom. The summed E-state index contributed by atoms with van der Waals surface area (Å²) in [5.41, 5.74) is 5.73. The Bertz CT molecular complexity index is 750. The molecule has 7 N–H and O–H groups in total. The molecule has 11 heteroatoms. The second-order valence-corrected chi connectivity index (χ2v) is 5.53. The largest absolute Gasteiger partial charge is 0.481 e. The van der Waals surface area contributed by atoms with Crippen molar-refractivity contribution in [3.8, 4) is 0 Å². The fourth-order valence-corrected chi connectivity index (χ4v) is 2.30. The van der Waals surface area contributed by atoms with E-state index in [1.54, 1.807) is 36.7 Å². The molecule has 1 atom stereocenters. The van der Waals surface area contributed by atoms with Gasteiger partial charge in [-0.3, -0.25) is 24.8 Å². The minimum Gasteiger partial charge on any atom is -0.481 e. The number of amides is 2. The lowest BCUT2D eigenvalue weighted by molar-refractivity contribution is -0.137. The summed E-state index contributed by atoms with van der Waals surface area (Å²) in [5, 5.41) is 15.7. The number of aliphatic imine (C=N–C) groups is 1. The van der Waals surface area contributed by atoms with E-state index in [2.05, 4.69) is 26.5 Å². The zero-order chi connectivity index (χ0) is 19.6. The molecule has 1 aromatic carbocycles. The van der Waals surface area contributed by atoms with Crippen molar-refractivity contribution in [2.75, 3.05) is 6.54 Å². The molecule has 0 saturated carbocycles. The lowest BCUT2D eigenvalue weighted by Crippen LogP contribution is -2.49. The van der Waals surface area contributed by atoms with Crippen molar-refractivity contribution in [2.24, 2.45) is 10.8 Å². The van der Waals surface area contributed by atoms with Crippen molar-refractivity contribution in [3.63, 3.8) is 0 Å². The molecule has 144 valence electrons. The summed E-state index contributed by atoms with van der Waals surface area (Å²) in [6.45, 7) is -0.243. The second-order valence-electron chi connectivity index (χ2n) is 5.53. The number of carboxylic acids is 1. The molecule has 2 amide bonds. The number of benzene rings is 1. The van der Waals surface area contributed by atoms with Gasteiger partial charge in [0.1, 0.15) is 12.5 Å². The van der Waals surface area contributed by atoms with Crippen LogP contribution in [0.15, 0.2) is 41.7 Å². The third kappa shape index (κ3) is 6.32. The Morgan fingerprint density at radius 1 is 1.37 bits per heavy atom. The smallest absolute Gasteiger partial charge is 0.303 e. The lowest BCUT2D eigenvalue weighted by atomic mass is 10.2. The fourth-order valence-electron chi connectivity index (χ4n) is 2.30. The Labute approximate surface area is 155 Å². The van der Waals surface area contributed by atoms with Gasteiger partial charge in [0.15, 0.2) is 0 Å². The predicted molar refractivity (Wildman–Crippen MR) is 97.2 cm³/mol. The molecule has 1 unspecified atom stereocenters. The van der Waals surface area contributed by atoms with Crippen molar-refractivity contribution in [1.29, 1.82) is 0 Å². The topological polar surface area (TPSA) is 161 Å². The van der Waals surface area contributed by atoms with E-state index in [9.17, 15) is 14.4 Å². The number of hydrazine groups is 2. The van der Waals surface area contributed by atoms with E-state index in [-0.39, 0.29) is 19.1 Å². The highest BCUT2D eigenvalue weighted by Gasteiger charge is 2.21. The predicted octanol–water partition coefficient (Wildman–Crippen LogP) is -0.862. The van der Waals surface area contributed by atoms with Gasteiger partial charge in [-0.05, 0) is 24.6 Å². The normalized spacial score (nSPS) is 15.4. The summed E-state index contributed by atoms with van der Waals surface area (Å²) in [4.78, 5) is 38.8. The molecule has 0 fully saturated rings. The van der Waals surface area contributed by atoms with Crippen molar-refractivity contribution >= 4 is 29.8 Å². The number of aliphatic carboxylic acids is 1. The molecule has 0 radical (unpaired) electrons. The molecule has 0 aliphatic carbocycles. The number of hydrogen-bond donors (Lipinski definition) is 6. The molecule has 2 rings (SSSR count). The first-order valence-electron chi connectivity index (χ1n) is 8.09. The highest BCUT2D eigenvalue weighted by Crippen LogP contribution is 2.13. The number of nitrogens with zero attached hydrogens (tertiary/aromatic N) is 2. The molecule has 1 heterocycles. The summed E-state index contributed by atoms with van der Waals surface area (Å²) in [5.74, 6) is 3.30. The van der Waals surface area contributed by atoms with Crippen molar-refractivity contribution in [1.82, 2.24) is 26.5 Å². The Hall–Kier alpha value is -3.60. The van der Waals surface area contributed by atoms with E-state index in [1.807, 2.05) is 0 Å². The molecular formula is C16H21N7O4. The molecule has 0 bridgehead atoms. The van der Waals surface area contributed by atoms with Crippen LogP contribution in [0.5, 0.6) is 0 Å². The van der Waals surface area contributed by atoms with Crippen LogP contribution >= 0.6 is 0 Å². The van der Waals surface area contributed by atoms with Crippen LogP contribution in [0.4, 0.5) is 5.69 Å². The third-order valence-electron chi connectivity index (χ3n) is 3.55. The number of carbonyl (C=O) groups is 3. The summed E-state index contributed by atoms with van der Waals surface area (Å²) in [6, 6.07) is 6.50. The van der Waals surface area contributed by atoms with Crippen LogP contribution < -0.4 is 27.3 Å². The first kappa shape index (κ1) is 19.7. The average Bonchev–Trinajstić information content (AvgIpc) is 3.09. The van der Waals surface area contributed by atoms with E-state index in [0.717, 1.165) is 0 Å². The van der Waals surface area contributed by atoms with Gasteiger partial charge in [-0.1, -0.05) is 6.07 Å². The van der Waals surface area contributed by atoms with Crippen molar-refractivity contribution in [3.05, 3.63) is 42.2 Å². The lowest BCUT2D eigenvalue weighted by Gasteiger charge is -2.25. The number of nitrogens with two attached hydrogens (primary N) is 1. The number of carbonyl (C=O) groups excluding carboxylic acids is 2. The van der Waals surface area contributed by atoms with Crippen LogP contribution in [-0.2, 0) is 9.59 Å². The summed E-state index contributed by atoms with van der Waals surface area (Å²) in [6.07, 6.45) is 4.38. The van der Waals surface area contributed by atoms with Gasteiger partial charge < -0.3 is 21.2 Å². The van der Waals surface area contributed by atoms with Gasteiger partial charge in [0.05, 0.1) is 12.2 Å². The van der Waals surface area contributed by atoms with E-state index < -0.39 is 17.8 Å². The SMILES string of the molecule is NNC=Nc1cccc(C(=O)NCC(=O)NN2C=CNC2CCC(=O)O)c1. The molecule has 0 spiro atoms. The Balaban J connectivity index is 1.82. The maximum Gasteiger partial charge on any atom is 0.303 e. The molecule has 1 aromatic rings.